The molecule has 2 heterocycles. The predicted octanol–water partition coefficient (Wildman–Crippen LogP) is 0.0628. The third kappa shape index (κ3) is 3.05. The number of anilines is 1. The standard InChI is InChI=1S/C11H14N6O/c12-17-10-3-1-2-8(16-10)11(18)15-5-4-9-13-6-7-14-9/h1-3,6-7H,4-5,12H2,(H,13,14)(H,15,18)(H,16,17). The number of hydrogen-bond acceptors (Lipinski definition) is 5. The summed E-state index contributed by atoms with van der Waals surface area (Å²) in [6.07, 6.45) is 4.07. The van der Waals surface area contributed by atoms with E-state index in [2.05, 4.69) is 25.7 Å². The van der Waals surface area contributed by atoms with Crippen molar-refractivity contribution in [1.29, 1.82) is 0 Å². The number of aromatic amines is 1. The van der Waals surface area contributed by atoms with Crippen LogP contribution in [0.5, 0.6) is 0 Å². The van der Waals surface area contributed by atoms with Gasteiger partial charge in [0.05, 0.1) is 0 Å². The Morgan fingerprint density at radius 3 is 3.06 bits per heavy atom. The molecule has 0 bridgehead atoms. The second-order valence-electron chi connectivity index (χ2n) is 3.59. The summed E-state index contributed by atoms with van der Waals surface area (Å²) in [5.74, 6) is 6.28. The highest BCUT2D eigenvalue weighted by Gasteiger charge is 2.07. The first-order valence-electron chi connectivity index (χ1n) is 5.49. The Bertz CT molecular complexity index is 510. The molecule has 0 fully saturated rings. The number of rotatable bonds is 5. The lowest BCUT2D eigenvalue weighted by atomic mass is 10.3. The monoisotopic (exact) mass is 246 g/mol. The SMILES string of the molecule is NNc1cccc(C(=O)NCCc2ncc[nH]2)n1. The minimum atomic E-state index is -0.237. The number of hydrogen-bond donors (Lipinski definition) is 4. The van der Waals surface area contributed by atoms with Gasteiger partial charge in [-0.15, -0.1) is 0 Å². The molecule has 0 saturated heterocycles. The molecule has 2 aromatic rings. The Morgan fingerprint density at radius 2 is 2.33 bits per heavy atom. The van der Waals surface area contributed by atoms with Crippen LogP contribution in [0.2, 0.25) is 0 Å². The molecule has 94 valence electrons. The maximum Gasteiger partial charge on any atom is 0.269 e. The molecule has 0 unspecified atom stereocenters. The molecule has 0 aliphatic heterocycles. The quantitative estimate of drug-likeness (QED) is 0.441. The number of carbonyl (C=O) groups is 1. The van der Waals surface area contributed by atoms with Gasteiger partial charge in [0.2, 0.25) is 0 Å². The lowest BCUT2D eigenvalue weighted by molar-refractivity contribution is 0.0949. The summed E-state index contributed by atoms with van der Waals surface area (Å²) in [6, 6.07) is 5.02. The minimum Gasteiger partial charge on any atom is -0.350 e. The number of nitrogens with zero attached hydrogens (tertiary/aromatic N) is 2. The zero-order valence-corrected chi connectivity index (χ0v) is 9.68. The third-order valence-corrected chi connectivity index (χ3v) is 2.33. The van der Waals surface area contributed by atoms with Crippen molar-refractivity contribution >= 4 is 11.7 Å². The molecule has 5 N–H and O–H groups in total. The maximum atomic E-state index is 11.8. The second-order valence-corrected chi connectivity index (χ2v) is 3.59. The molecule has 0 aromatic carbocycles. The van der Waals surface area contributed by atoms with Gasteiger partial charge >= 0.3 is 0 Å². The summed E-state index contributed by atoms with van der Waals surface area (Å²) in [5, 5.41) is 2.76. The summed E-state index contributed by atoms with van der Waals surface area (Å²) in [6.45, 7) is 0.494. The first kappa shape index (κ1) is 12.1. The number of hydrazine groups is 1. The molecule has 0 atom stereocenters. The summed E-state index contributed by atoms with van der Waals surface area (Å²) in [4.78, 5) is 22.8. The van der Waals surface area contributed by atoms with Crippen LogP contribution in [0.3, 0.4) is 0 Å². The van der Waals surface area contributed by atoms with Crippen molar-refractivity contribution in [3.63, 3.8) is 0 Å². The van der Waals surface area contributed by atoms with E-state index in [0.29, 0.717) is 24.5 Å². The first-order valence-corrected chi connectivity index (χ1v) is 5.49. The van der Waals surface area contributed by atoms with Crippen LogP contribution in [-0.4, -0.2) is 27.4 Å². The van der Waals surface area contributed by atoms with Gasteiger partial charge in [0.15, 0.2) is 0 Å². The van der Waals surface area contributed by atoms with Crippen molar-refractivity contribution in [3.05, 3.63) is 42.1 Å². The van der Waals surface area contributed by atoms with Crippen LogP contribution in [0.1, 0.15) is 16.3 Å². The topological polar surface area (TPSA) is 109 Å². The molecule has 2 aromatic heterocycles. The zero-order valence-electron chi connectivity index (χ0n) is 9.68. The van der Waals surface area contributed by atoms with E-state index < -0.39 is 0 Å². The number of H-pyrrole nitrogens is 1. The molecule has 0 radical (unpaired) electrons. The Balaban J connectivity index is 1.87. The van der Waals surface area contributed by atoms with E-state index in [1.807, 2.05) is 0 Å². The van der Waals surface area contributed by atoms with Crippen molar-refractivity contribution in [2.45, 2.75) is 6.42 Å². The lowest BCUT2D eigenvalue weighted by Crippen LogP contribution is -2.27. The minimum absolute atomic E-state index is 0.237. The van der Waals surface area contributed by atoms with E-state index in [4.69, 9.17) is 5.84 Å². The number of pyridine rings is 1. The molecule has 2 rings (SSSR count). The number of carbonyl (C=O) groups excluding carboxylic acids is 1. The van der Waals surface area contributed by atoms with Crippen LogP contribution in [-0.2, 0) is 6.42 Å². The van der Waals surface area contributed by atoms with Gasteiger partial charge in [0, 0.05) is 25.4 Å². The van der Waals surface area contributed by atoms with E-state index in [1.165, 1.54) is 0 Å². The molecule has 0 saturated carbocycles. The van der Waals surface area contributed by atoms with E-state index in [0.717, 1.165) is 5.82 Å². The van der Waals surface area contributed by atoms with Gasteiger partial charge in [-0.25, -0.2) is 15.8 Å². The van der Waals surface area contributed by atoms with Gasteiger partial charge in [-0.3, -0.25) is 4.79 Å². The zero-order chi connectivity index (χ0) is 12.8. The van der Waals surface area contributed by atoms with Crippen LogP contribution in [0.4, 0.5) is 5.82 Å². The Hall–Kier alpha value is -2.41. The number of nitrogens with one attached hydrogen (secondary N) is 3. The van der Waals surface area contributed by atoms with Crippen molar-refractivity contribution in [1.82, 2.24) is 20.3 Å². The fraction of sp³-hybridized carbons (Fsp3) is 0.182. The van der Waals surface area contributed by atoms with Crippen LogP contribution in [0.15, 0.2) is 30.6 Å². The lowest BCUT2D eigenvalue weighted by Gasteiger charge is -2.05. The van der Waals surface area contributed by atoms with E-state index in [9.17, 15) is 4.79 Å². The van der Waals surface area contributed by atoms with Crippen molar-refractivity contribution in [2.75, 3.05) is 12.0 Å². The highest BCUT2D eigenvalue weighted by Crippen LogP contribution is 2.02. The van der Waals surface area contributed by atoms with Gasteiger partial charge < -0.3 is 15.7 Å². The normalized spacial score (nSPS) is 10.1. The average Bonchev–Trinajstić information content (AvgIpc) is 2.92. The Kier molecular flexibility index (Phi) is 3.87. The Labute approximate surface area is 104 Å². The van der Waals surface area contributed by atoms with E-state index >= 15 is 0 Å². The number of amides is 1. The van der Waals surface area contributed by atoms with Crippen molar-refractivity contribution in [2.24, 2.45) is 5.84 Å². The van der Waals surface area contributed by atoms with Gasteiger partial charge in [0.25, 0.3) is 5.91 Å². The molecule has 0 aliphatic carbocycles. The van der Waals surface area contributed by atoms with Crippen molar-refractivity contribution < 1.29 is 4.79 Å². The second kappa shape index (κ2) is 5.78. The highest BCUT2D eigenvalue weighted by molar-refractivity contribution is 5.92. The largest absolute Gasteiger partial charge is 0.350 e. The molecular weight excluding hydrogens is 232 g/mol. The summed E-state index contributed by atoms with van der Waals surface area (Å²) in [7, 11) is 0. The summed E-state index contributed by atoms with van der Waals surface area (Å²) < 4.78 is 0. The first-order chi connectivity index (χ1) is 8.79. The number of imidazole rings is 1. The Morgan fingerprint density at radius 1 is 1.44 bits per heavy atom. The molecule has 7 nitrogen and oxygen atoms in total. The molecule has 18 heavy (non-hydrogen) atoms. The van der Waals surface area contributed by atoms with Crippen LogP contribution in [0.25, 0.3) is 0 Å². The van der Waals surface area contributed by atoms with E-state index in [1.54, 1.807) is 30.6 Å². The van der Waals surface area contributed by atoms with Crippen molar-refractivity contribution in [3.8, 4) is 0 Å². The van der Waals surface area contributed by atoms with Crippen LogP contribution in [0, 0.1) is 0 Å². The fourth-order valence-electron chi connectivity index (χ4n) is 1.46. The smallest absolute Gasteiger partial charge is 0.269 e. The molecule has 7 heteroatoms. The number of nitrogens with two attached hydrogens (primary N) is 1. The van der Waals surface area contributed by atoms with Gasteiger partial charge in [0.1, 0.15) is 17.3 Å². The molecular formula is C11H14N6O. The van der Waals surface area contributed by atoms with Crippen LogP contribution >= 0.6 is 0 Å². The number of aromatic nitrogens is 3. The molecule has 0 aliphatic rings. The summed E-state index contributed by atoms with van der Waals surface area (Å²) >= 11 is 0. The third-order valence-electron chi connectivity index (χ3n) is 2.33. The van der Waals surface area contributed by atoms with Gasteiger partial charge in [-0.05, 0) is 12.1 Å². The van der Waals surface area contributed by atoms with Crippen LogP contribution < -0.4 is 16.6 Å². The predicted molar refractivity (Wildman–Crippen MR) is 66.7 cm³/mol. The summed E-state index contributed by atoms with van der Waals surface area (Å²) in [5.41, 5.74) is 2.72. The van der Waals surface area contributed by atoms with Gasteiger partial charge in [-0.2, -0.15) is 0 Å². The molecule has 0 spiro atoms. The highest BCUT2D eigenvalue weighted by atomic mass is 16.1. The fourth-order valence-corrected chi connectivity index (χ4v) is 1.46. The maximum absolute atomic E-state index is 11.8. The average molecular weight is 246 g/mol. The van der Waals surface area contributed by atoms with Gasteiger partial charge in [-0.1, -0.05) is 6.07 Å². The molecule has 1 amide bonds. The van der Waals surface area contributed by atoms with E-state index in [-0.39, 0.29) is 5.91 Å². The number of nitrogen functional groups attached to an aromatic ring is 1.